The first-order chi connectivity index (χ1) is 15.7. The summed E-state index contributed by atoms with van der Waals surface area (Å²) in [6.07, 6.45) is 2.58. The van der Waals surface area contributed by atoms with Gasteiger partial charge in [0.25, 0.3) is 0 Å². The van der Waals surface area contributed by atoms with E-state index in [-0.39, 0.29) is 11.9 Å². The number of nitrogens with zero attached hydrogens (tertiary/aromatic N) is 4. The molecule has 0 amide bonds. The van der Waals surface area contributed by atoms with E-state index in [0.29, 0.717) is 16.5 Å². The molecule has 1 aliphatic rings. The molecule has 32 heavy (non-hydrogen) atoms. The molecule has 0 radical (unpaired) electrons. The minimum atomic E-state index is -0.0791. The first-order valence-electron chi connectivity index (χ1n) is 10.7. The number of thiazole rings is 1. The summed E-state index contributed by atoms with van der Waals surface area (Å²) in [4.78, 5) is 8.55. The fourth-order valence-electron chi connectivity index (χ4n) is 4.45. The van der Waals surface area contributed by atoms with Gasteiger partial charge in [-0.05, 0) is 42.2 Å². The molecule has 1 unspecified atom stereocenters. The zero-order valence-electron chi connectivity index (χ0n) is 17.6. The molecule has 160 valence electrons. The van der Waals surface area contributed by atoms with E-state index in [4.69, 9.17) is 4.42 Å². The van der Waals surface area contributed by atoms with Crippen LogP contribution in [0.3, 0.4) is 0 Å². The smallest absolute Gasteiger partial charge is 0.230 e. The fraction of sp³-hybridized carbons (Fsp3) is 0.200. The highest BCUT2D eigenvalue weighted by Crippen LogP contribution is 2.42. The summed E-state index contributed by atoms with van der Waals surface area (Å²) in [5.74, 6) is 1.20. The van der Waals surface area contributed by atoms with Crippen molar-refractivity contribution in [1.29, 1.82) is 0 Å². The molecule has 4 heterocycles. The predicted octanol–water partition coefficient (Wildman–Crippen LogP) is 5.21. The Morgan fingerprint density at radius 3 is 2.59 bits per heavy atom. The van der Waals surface area contributed by atoms with E-state index in [1.165, 1.54) is 32.5 Å². The van der Waals surface area contributed by atoms with Gasteiger partial charge < -0.3 is 9.52 Å². The summed E-state index contributed by atoms with van der Waals surface area (Å²) in [6, 6.07) is 20.7. The molecule has 1 aliphatic heterocycles. The SMILES string of the molecule is Cc1ccc(C(c2sc3nc(-c4ccco4)nn3c2O)N2CCc3ccccc3C2)cc1. The van der Waals surface area contributed by atoms with Crippen LogP contribution in [-0.2, 0) is 13.0 Å². The van der Waals surface area contributed by atoms with Crippen molar-refractivity contribution in [1.82, 2.24) is 19.5 Å². The van der Waals surface area contributed by atoms with Crippen molar-refractivity contribution in [3.63, 3.8) is 0 Å². The molecule has 0 saturated heterocycles. The summed E-state index contributed by atoms with van der Waals surface area (Å²) in [6.45, 7) is 3.84. The summed E-state index contributed by atoms with van der Waals surface area (Å²) >= 11 is 1.48. The highest BCUT2D eigenvalue weighted by Gasteiger charge is 2.31. The third-order valence-corrected chi connectivity index (χ3v) is 7.18. The standard InChI is InChI=1S/C25H22N4O2S/c1-16-8-10-18(11-9-16)21(28-13-12-17-5-2-3-6-19(17)15-28)22-24(30)29-25(32-22)26-23(27-29)20-7-4-14-31-20/h2-11,14,21,30H,12-13,15H2,1H3. The summed E-state index contributed by atoms with van der Waals surface area (Å²) in [5, 5.41) is 15.7. The van der Waals surface area contributed by atoms with Crippen LogP contribution in [0, 0.1) is 6.92 Å². The van der Waals surface area contributed by atoms with Crippen molar-refractivity contribution in [2.75, 3.05) is 6.54 Å². The van der Waals surface area contributed by atoms with Crippen molar-refractivity contribution in [2.24, 2.45) is 0 Å². The van der Waals surface area contributed by atoms with Gasteiger partial charge in [0.15, 0.2) is 5.76 Å². The second-order valence-electron chi connectivity index (χ2n) is 8.20. The summed E-state index contributed by atoms with van der Waals surface area (Å²) < 4.78 is 6.95. The van der Waals surface area contributed by atoms with E-state index in [1.807, 2.05) is 6.07 Å². The van der Waals surface area contributed by atoms with Gasteiger partial charge in [-0.15, -0.1) is 5.10 Å². The van der Waals surface area contributed by atoms with Gasteiger partial charge in [0.2, 0.25) is 16.7 Å². The van der Waals surface area contributed by atoms with Crippen LogP contribution in [0.5, 0.6) is 5.88 Å². The van der Waals surface area contributed by atoms with Crippen molar-refractivity contribution in [2.45, 2.75) is 25.9 Å². The lowest BCUT2D eigenvalue weighted by Gasteiger charge is -2.35. The van der Waals surface area contributed by atoms with E-state index in [0.717, 1.165) is 30.0 Å². The Bertz CT molecular complexity index is 1390. The predicted molar refractivity (Wildman–Crippen MR) is 124 cm³/mol. The topological polar surface area (TPSA) is 66.8 Å². The van der Waals surface area contributed by atoms with Crippen LogP contribution in [-0.4, -0.2) is 31.1 Å². The first kappa shape index (κ1) is 19.3. The van der Waals surface area contributed by atoms with Crippen LogP contribution in [0.15, 0.2) is 71.3 Å². The number of aromatic nitrogens is 3. The quantitative estimate of drug-likeness (QED) is 0.414. The first-order valence-corrected chi connectivity index (χ1v) is 11.5. The Morgan fingerprint density at radius 2 is 1.84 bits per heavy atom. The van der Waals surface area contributed by atoms with Crippen LogP contribution >= 0.6 is 11.3 Å². The largest absolute Gasteiger partial charge is 0.492 e. The van der Waals surface area contributed by atoms with Crippen LogP contribution < -0.4 is 0 Å². The third-order valence-electron chi connectivity index (χ3n) is 6.11. The van der Waals surface area contributed by atoms with E-state index in [1.54, 1.807) is 12.3 Å². The van der Waals surface area contributed by atoms with Gasteiger partial charge in [-0.1, -0.05) is 65.4 Å². The number of aryl methyl sites for hydroxylation is 1. The van der Waals surface area contributed by atoms with Gasteiger partial charge in [-0.2, -0.15) is 9.50 Å². The van der Waals surface area contributed by atoms with Crippen molar-refractivity contribution in [3.05, 3.63) is 94.1 Å². The van der Waals surface area contributed by atoms with E-state index in [9.17, 15) is 5.11 Å². The molecule has 0 aliphatic carbocycles. The highest BCUT2D eigenvalue weighted by molar-refractivity contribution is 7.17. The lowest BCUT2D eigenvalue weighted by atomic mass is 9.95. The second kappa shape index (κ2) is 7.62. The molecule has 3 aromatic heterocycles. The number of rotatable bonds is 4. The van der Waals surface area contributed by atoms with Crippen LogP contribution in [0.2, 0.25) is 0 Å². The molecule has 6 rings (SSSR count). The van der Waals surface area contributed by atoms with Gasteiger partial charge >= 0.3 is 0 Å². The molecule has 0 bridgehead atoms. The highest BCUT2D eigenvalue weighted by atomic mass is 32.1. The number of hydrogen-bond acceptors (Lipinski definition) is 6. The Balaban J connectivity index is 1.44. The maximum atomic E-state index is 11.2. The molecule has 1 N–H and O–H groups in total. The number of fused-ring (bicyclic) bond motifs is 2. The Kier molecular flexibility index (Phi) is 4.59. The van der Waals surface area contributed by atoms with Gasteiger partial charge in [-0.25, -0.2) is 0 Å². The second-order valence-corrected chi connectivity index (χ2v) is 9.21. The maximum absolute atomic E-state index is 11.2. The molecule has 0 saturated carbocycles. The lowest BCUT2D eigenvalue weighted by Crippen LogP contribution is -2.34. The normalized spacial score (nSPS) is 15.2. The molecule has 5 aromatic rings. The molecule has 0 spiro atoms. The third kappa shape index (κ3) is 3.21. The minimum Gasteiger partial charge on any atom is -0.492 e. The number of benzene rings is 2. The van der Waals surface area contributed by atoms with Gasteiger partial charge in [0.05, 0.1) is 17.2 Å². The molecule has 7 heteroatoms. The zero-order valence-corrected chi connectivity index (χ0v) is 18.4. The average molecular weight is 443 g/mol. The number of furan rings is 1. The molecule has 2 aromatic carbocycles. The monoisotopic (exact) mass is 442 g/mol. The lowest BCUT2D eigenvalue weighted by molar-refractivity contribution is 0.205. The summed E-state index contributed by atoms with van der Waals surface area (Å²) in [5.41, 5.74) is 5.11. The van der Waals surface area contributed by atoms with Gasteiger partial charge in [0.1, 0.15) is 0 Å². The zero-order chi connectivity index (χ0) is 21.7. The van der Waals surface area contributed by atoms with Gasteiger partial charge in [-0.3, -0.25) is 4.90 Å². The van der Waals surface area contributed by atoms with Crippen molar-refractivity contribution < 1.29 is 9.52 Å². The molecule has 0 fully saturated rings. The Labute approximate surface area is 189 Å². The van der Waals surface area contributed by atoms with Gasteiger partial charge in [0, 0.05) is 13.1 Å². The van der Waals surface area contributed by atoms with E-state index in [2.05, 4.69) is 70.4 Å². The maximum Gasteiger partial charge on any atom is 0.230 e. The minimum absolute atomic E-state index is 0.0791. The van der Waals surface area contributed by atoms with Crippen molar-refractivity contribution in [3.8, 4) is 17.5 Å². The molecule has 1 atom stereocenters. The van der Waals surface area contributed by atoms with Crippen LogP contribution in [0.1, 0.15) is 33.2 Å². The Hall–Kier alpha value is -3.42. The summed E-state index contributed by atoms with van der Waals surface area (Å²) in [7, 11) is 0. The average Bonchev–Trinajstić information content (AvgIpc) is 3.54. The van der Waals surface area contributed by atoms with Crippen LogP contribution in [0.4, 0.5) is 0 Å². The Morgan fingerprint density at radius 1 is 1.03 bits per heavy atom. The van der Waals surface area contributed by atoms with E-state index < -0.39 is 0 Å². The number of aromatic hydroxyl groups is 1. The molecular weight excluding hydrogens is 420 g/mol. The van der Waals surface area contributed by atoms with Crippen molar-refractivity contribution >= 4 is 16.3 Å². The molecular formula is C25H22N4O2S. The molecule has 6 nitrogen and oxygen atoms in total. The number of hydrogen-bond donors (Lipinski definition) is 1. The van der Waals surface area contributed by atoms with Crippen LogP contribution in [0.25, 0.3) is 16.5 Å². The van der Waals surface area contributed by atoms with E-state index >= 15 is 0 Å². The fourth-order valence-corrected chi connectivity index (χ4v) is 5.57.